The van der Waals surface area contributed by atoms with Gasteiger partial charge in [-0.3, -0.25) is 0 Å². The van der Waals surface area contributed by atoms with Crippen molar-refractivity contribution in [3.8, 4) is 0 Å². The van der Waals surface area contributed by atoms with Crippen molar-refractivity contribution < 1.29 is 12.8 Å². The van der Waals surface area contributed by atoms with Crippen molar-refractivity contribution >= 4 is 10.0 Å². The van der Waals surface area contributed by atoms with E-state index in [1.54, 1.807) is 6.07 Å². The van der Waals surface area contributed by atoms with Crippen LogP contribution in [0.2, 0.25) is 0 Å². The maximum atomic E-state index is 11.0. The molecule has 0 saturated heterocycles. The molecule has 2 rings (SSSR count). The van der Waals surface area contributed by atoms with Gasteiger partial charge in [-0.15, -0.1) is 0 Å². The van der Waals surface area contributed by atoms with Crippen LogP contribution in [0.1, 0.15) is 31.9 Å². The SMILES string of the molecule is CC(CC1CC1)NCc1ccc(S(N)(=O)=O)o1. The summed E-state index contributed by atoms with van der Waals surface area (Å²) in [6, 6.07) is 3.44. The summed E-state index contributed by atoms with van der Waals surface area (Å²) >= 11 is 0. The second-order valence-corrected chi connectivity index (χ2v) is 6.22. The molecule has 0 amide bonds. The number of sulfonamides is 1. The smallest absolute Gasteiger partial charge is 0.271 e. The molecule has 0 spiro atoms. The van der Waals surface area contributed by atoms with Gasteiger partial charge in [0.1, 0.15) is 5.76 Å². The Kier molecular flexibility index (Phi) is 3.56. The summed E-state index contributed by atoms with van der Waals surface area (Å²) in [5.41, 5.74) is 0. The number of nitrogens with two attached hydrogens (primary N) is 1. The molecule has 0 radical (unpaired) electrons. The first-order valence-corrected chi connectivity index (χ1v) is 7.34. The molecule has 0 bridgehead atoms. The molecule has 5 nitrogen and oxygen atoms in total. The Morgan fingerprint density at radius 3 is 2.76 bits per heavy atom. The minimum absolute atomic E-state index is 0.177. The second kappa shape index (κ2) is 4.80. The van der Waals surface area contributed by atoms with E-state index in [0.717, 1.165) is 5.92 Å². The van der Waals surface area contributed by atoms with Crippen LogP contribution in [-0.2, 0) is 16.6 Å². The number of nitrogens with one attached hydrogen (secondary N) is 1. The topological polar surface area (TPSA) is 85.3 Å². The van der Waals surface area contributed by atoms with Gasteiger partial charge in [-0.25, -0.2) is 13.6 Å². The molecular formula is C11H18N2O3S. The van der Waals surface area contributed by atoms with Crippen LogP contribution in [-0.4, -0.2) is 14.5 Å². The van der Waals surface area contributed by atoms with E-state index in [2.05, 4.69) is 12.2 Å². The zero-order valence-corrected chi connectivity index (χ0v) is 10.7. The quantitative estimate of drug-likeness (QED) is 0.803. The summed E-state index contributed by atoms with van der Waals surface area (Å²) in [7, 11) is -3.72. The largest absolute Gasteiger partial charge is 0.447 e. The van der Waals surface area contributed by atoms with Gasteiger partial charge < -0.3 is 9.73 Å². The zero-order chi connectivity index (χ0) is 12.5. The highest BCUT2D eigenvalue weighted by Crippen LogP contribution is 2.33. The van der Waals surface area contributed by atoms with Crippen LogP contribution >= 0.6 is 0 Å². The van der Waals surface area contributed by atoms with Gasteiger partial charge in [0.05, 0.1) is 6.54 Å². The number of primary sulfonamides is 1. The minimum Gasteiger partial charge on any atom is -0.447 e. The van der Waals surface area contributed by atoms with E-state index in [1.165, 1.54) is 25.3 Å². The average Bonchev–Trinajstić information content (AvgIpc) is 2.90. The standard InChI is InChI=1S/C11H18N2O3S/c1-8(6-9-2-3-9)13-7-10-4-5-11(16-10)17(12,14)15/h4-5,8-9,13H,2-3,6-7H2,1H3,(H2,12,14,15). The molecule has 0 aromatic carbocycles. The minimum atomic E-state index is -3.72. The van der Waals surface area contributed by atoms with E-state index in [1.807, 2.05) is 0 Å². The highest BCUT2D eigenvalue weighted by Gasteiger charge is 2.23. The van der Waals surface area contributed by atoms with Crippen LogP contribution in [0.5, 0.6) is 0 Å². The first kappa shape index (κ1) is 12.6. The third kappa shape index (κ3) is 3.83. The van der Waals surface area contributed by atoms with Gasteiger partial charge in [0.2, 0.25) is 5.09 Å². The van der Waals surface area contributed by atoms with Crippen molar-refractivity contribution in [3.63, 3.8) is 0 Å². The summed E-state index contributed by atoms with van der Waals surface area (Å²) in [6.45, 7) is 2.66. The Labute approximate surface area is 101 Å². The Balaban J connectivity index is 1.84. The van der Waals surface area contributed by atoms with Crippen molar-refractivity contribution in [3.05, 3.63) is 17.9 Å². The van der Waals surface area contributed by atoms with Crippen molar-refractivity contribution in [2.75, 3.05) is 0 Å². The maximum absolute atomic E-state index is 11.0. The Morgan fingerprint density at radius 2 is 2.24 bits per heavy atom. The van der Waals surface area contributed by atoms with Crippen LogP contribution < -0.4 is 10.5 Å². The first-order valence-electron chi connectivity index (χ1n) is 5.80. The van der Waals surface area contributed by atoms with Crippen molar-refractivity contribution in [2.24, 2.45) is 11.1 Å². The van der Waals surface area contributed by atoms with Gasteiger partial charge >= 0.3 is 0 Å². The molecule has 1 atom stereocenters. The molecule has 96 valence electrons. The molecule has 1 fully saturated rings. The molecule has 1 saturated carbocycles. The number of furan rings is 1. The molecule has 6 heteroatoms. The number of rotatable bonds is 6. The highest BCUT2D eigenvalue weighted by atomic mass is 32.2. The van der Waals surface area contributed by atoms with Gasteiger partial charge in [0, 0.05) is 6.04 Å². The third-order valence-corrected chi connectivity index (χ3v) is 3.71. The fourth-order valence-electron chi connectivity index (χ4n) is 1.82. The molecule has 1 aromatic heterocycles. The summed E-state index contributed by atoms with van der Waals surface area (Å²) < 4.78 is 27.1. The van der Waals surface area contributed by atoms with Gasteiger partial charge in [-0.1, -0.05) is 12.8 Å². The van der Waals surface area contributed by atoms with E-state index in [9.17, 15) is 8.42 Å². The van der Waals surface area contributed by atoms with Crippen LogP contribution in [0.25, 0.3) is 0 Å². The summed E-state index contributed by atoms with van der Waals surface area (Å²) in [5, 5.41) is 8.09. The van der Waals surface area contributed by atoms with Crippen LogP contribution in [0.3, 0.4) is 0 Å². The lowest BCUT2D eigenvalue weighted by molar-refractivity contribution is 0.385. The van der Waals surface area contributed by atoms with E-state index in [4.69, 9.17) is 9.56 Å². The lowest BCUT2D eigenvalue weighted by atomic mass is 10.1. The third-order valence-electron chi connectivity index (χ3n) is 2.93. The molecule has 0 aliphatic heterocycles. The van der Waals surface area contributed by atoms with Gasteiger partial charge in [0.25, 0.3) is 10.0 Å². The number of hydrogen-bond acceptors (Lipinski definition) is 4. The highest BCUT2D eigenvalue weighted by molar-refractivity contribution is 7.89. The average molecular weight is 258 g/mol. The van der Waals surface area contributed by atoms with Gasteiger partial charge in [-0.2, -0.15) is 0 Å². The Bertz CT molecular complexity index is 477. The molecule has 3 N–H and O–H groups in total. The summed E-state index contributed by atoms with van der Waals surface area (Å²) in [4.78, 5) is 0. The van der Waals surface area contributed by atoms with E-state index < -0.39 is 10.0 Å². The molecule has 1 aliphatic carbocycles. The van der Waals surface area contributed by atoms with Crippen molar-refractivity contribution in [2.45, 2.75) is 43.9 Å². The predicted octanol–water partition coefficient (Wildman–Crippen LogP) is 1.21. The number of hydrogen-bond donors (Lipinski definition) is 2. The van der Waals surface area contributed by atoms with E-state index in [0.29, 0.717) is 18.3 Å². The van der Waals surface area contributed by atoms with Gasteiger partial charge in [0.15, 0.2) is 0 Å². The molecule has 1 aromatic rings. The fraction of sp³-hybridized carbons (Fsp3) is 0.636. The fourth-order valence-corrected chi connectivity index (χ4v) is 2.30. The lowest BCUT2D eigenvalue weighted by Crippen LogP contribution is -2.25. The van der Waals surface area contributed by atoms with E-state index >= 15 is 0 Å². The molecule has 1 heterocycles. The monoisotopic (exact) mass is 258 g/mol. The second-order valence-electron chi connectivity index (χ2n) is 4.73. The summed E-state index contributed by atoms with van der Waals surface area (Å²) in [5.74, 6) is 1.46. The first-order chi connectivity index (χ1) is 7.95. The molecule has 1 unspecified atom stereocenters. The van der Waals surface area contributed by atoms with E-state index in [-0.39, 0.29) is 5.09 Å². The molecular weight excluding hydrogens is 240 g/mol. The predicted molar refractivity (Wildman–Crippen MR) is 63.7 cm³/mol. The van der Waals surface area contributed by atoms with Crippen molar-refractivity contribution in [1.29, 1.82) is 0 Å². The van der Waals surface area contributed by atoms with Crippen LogP contribution in [0, 0.1) is 5.92 Å². The Morgan fingerprint density at radius 1 is 1.53 bits per heavy atom. The van der Waals surface area contributed by atoms with Crippen molar-refractivity contribution in [1.82, 2.24) is 5.32 Å². The van der Waals surface area contributed by atoms with Crippen LogP contribution in [0.4, 0.5) is 0 Å². The molecule has 17 heavy (non-hydrogen) atoms. The zero-order valence-electron chi connectivity index (χ0n) is 9.85. The van der Waals surface area contributed by atoms with Gasteiger partial charge in [-0.05, 0) is 31.4 Å². The normalized spacial score (nSPS) is 18.2. The lowest BCUT2D eigenvalue weighted by Gasteiger charge is -2.11. The molecule has 1 aliphatic rings. The Hall–Kier alpha value is -0.850. The van der Waals surface area contributed by atoms with Crippen LogP contribution in [0.15, 0.2) is 21.6 Å². The summed E-state index contributed by atoms with van der Waals surface area (Å²) in [6.07, 6.45) is 3.84. The maximum Gasteiger partial charge on any atom is 0.271 e.